The molecular formula is C18H25N3O2. The van der Waals surface area contributed by atoms with Gasteiger partial charge >= 0.3 is 0 Å². The summed E-state index contributed by atoms with van der Waals surface area (Å²) in [7, 11) is 0. The largest absolute Gasteiger partial charge is 0.441 e. The number of hydrogen-bond acceptors (Lipinski definition) is 4. The van der Waals surface area contributed by atoms with Crippen LogP contribution in [-0.2, 0) is 11.2 Å². The van der Waals surface area contributed by atoms with E-state index in [1.165, 1.54) is 5.56 Å². The molecule has 0 aliphatic rings. The molecule has 1 heterocycles. The number of amides is 1. The smallest absolute Gasteiger partial charge is 0.220 e. The maximum atomic E-state index is 11.8. The van der Waals surface area contributed by atoms with E-state index in [1.807, 2.05) is 31.2 Å². The topological polar surface area (TPSA) is 67.2 Å². The van der Waals surface area contributed by atoms with Crippen LogP contribution < -0.4 is 10.6 Å². The fourth-order valence-electron chi connectivity index (χ4n) is 2.18. The minimum absolute atomic E-state index is 0.0263. The molecular weight excluding hydrogens is 290 g/mol. The number of carbonyl (C=O) groups excluding carboxylic acids is 1. The minimum Gasteiger partial charge on any atom is -0.441 e. The average molecular weight is 315 g/mol. The summed E-state index contributed by atoms with van der Waals surface area (Å²) in [5.41, 5.74) is 2.21. The van der Waals surface area contributed by atoms with Gasteiger partial charge in [-0.1, -0.05) is 36.8 Å². The zero-order chi connectivity index (χ0) is 16.5. The minimum atomic E-state index is 0.0263. The van der Waals surface area contributed by atoms with E-state index >= 15 is 0 Å². The molecule has 5 heteroatoms. The van der Waals surface area contributed by atoms with Gasteiger partial charge in [-0.3, -0.25) is 4.79 Å². The van der Waals surface area contributed by atoms with E-state index in [-0.39, 0.29) is 5.91 Å². The van der Waals surface area contributed by atoms with Crippen molar-refractivity contribution in [2.45, 2.75) is 33.1 Å². The molecule has 1 amide bonds. The number of hydrogen-bond donors (Lipinski definition) is 2. The summed E-state index contributed by atoms with van der Waals surface area (Å²) in [6, 6.07) is 8.10. The van der Waals surface area contributed by atoms with Gasteiger partial charge in [0.15, 0.2) is 11.7 Å². The summed E-state index contributed by atoms with van der Waals surface area (Å²) in [5, 5.41) is 6.13. The fraction of sp³-hybridized carbons (Fsp3) is 0.444. The number of carbonyl (C=O) groups is 1. The quantitative estimate of drug-likeness (QED) is 0.698. The Morgan fingerprint density at radius 3 is 2.70 bits per heavy atom. The number of aromatic nitrogens is 1. The highest BCUT2D eigenvalue weighted by Crippen LogP contribution is 2.21. The molecule has 0 aliphatic carbocycles. The first kappa shape index (κ1) is 17.2. The third-order valence-corrected chi connectivity index (χ3v) is 3.51. The molecule has 1 aromatic carbocycles. The number of oxazole rings is 1. The average Bonchev–Trinajstić information content (AvgIpc) is 3.02. The number of nitrogens with one attached hydrogen (secondary N) is 2. The van der Waals surface area contributed by atoms with Crippen molar-refractivity contribution in [1.82, 2.24) is 15.6 Å². The van der Waals surface area contributed by atoms with Crippen LogP contribution in [0.15, 0.2) is 34.9 Å². The second-order valence-corrected chi connectivity index (χ2v) is 5.58. The number of nitrogens with zero attached hydrogens (tertiary/aromatic N) is 1. The van der Waals surface area contributed by atoms with E-state index in [4.69, 9.17) is 4.42 Å². The van der Waals surface area contributed by atoms with Gasteiger partial charge in [-0.05, 0) is 19.9 Å². The summed E-state index contributed by atoms with van der Waals surface area (Å²) >= 11 is 0. The SMILES string of the molecule is CCCNCCNC(=O)CCc1ncc(-c2ccc(C)cc2)o1. The zero-order valence-electron chi connectivity index (χ0n) is 13.9. The first-order chi connectivity index (χ1) is 11.2. The lowest BCUT2D eigenvalue weighted by molar-refractivity contribution is -0.121. The van der Waals surface area contributed by atoms with Gasteiger partial charge in [0.05, 0.1) is 6.20 Å². The molecule has 0 aliphatic heterocycles. The van der Waals surface area contributed by atoms with Crippen LogP contribution in [-0.4, -0.2) is 30.5 Å². The van der Waals surface area contributed by atoms with Gasteiger partial charge in [-0.15, -0.1) is 0 Å². The Hall–Kier alpha value is -2.14. The molecule has 0 atom stereocenters. The monoisotopic (exact) mass is 315 g/mol. The third-order valence-electron chi connectivity index (χ3n) is 3.51. The highest BCUT2D eigenvalue weighted by Gasteiger charge is 2.08. The lowest BCUT2D eigenvalue weighted by Crippen LogP contribution is -2.32. The Balaban J connectivity index is 1.74. The summed E-state index contributed by atoms with van der Waals surface area (Å²) < 4.78 is 5.71. The molecule has 0 spiro atoms. The van der Waals surface area contributed by atoms with Crippen molar-refractivity contribution in [3.8, 4) is 11.3 Å². The molecule has 0 radical (unpaired) electrons. The van der Waals surface area contributed by atoms with E-state index in [9.17, 15) is 4.79 Å². The van der Waals surface area contributed by atoms with E-state index in [0.29, 0.717) is 25.3 Å². The Morgan fingerprint density at radius 1 is 1.17 bits per heavy atom. The van der Waals surface area contributed by atoms with Gasteiger partial charge < -0.3 is 15.1 Å². The Labute approximate surface area is 137 Å². The van der Waals surface area contributed by atoms with Crippen LogP contribution in [0.25, 0.3) is 11.3 Å². The Bertz CT molecular complexity index is 605. The molecule has 2 rings (SSSR count). The highest BCUT2D eigenvalue weighted by molar-refractivity contribution is 5.76. The molecule has 0 fully saturated rings. The number of rotatable bonds is 9. The molecule has 2 aromatic rings. The molecule has 0 saturated carbocycles. The highest BCUT2D eigenvalue weighted by atomic mass is 16.4. The van der Waals surface area contributed by atoms with Gasteiger partial charge in [0, 0.05) is 31.5 Å². The van der Waals surface area contributed by atoms with Crippen molar-refractivity contribution in [3.63, 3.8) is 0 Å². The number of aryl methyl sites for hydroxylation is 2. The predicted octanol–water partition coefficient (Wildman–Crippen LogP) is 2.70. The van der Waals surface area contributed by atoms with Gasteiger partial charge in [-0.2, -0.15) is 0 Å². The van der Waals surface area contributed by atoms with E-state index in [0.717, 1.165) is 30.8 Å². The predicted molar refractivity (Wildman–Crippen MR) is 91.2 cm³/mol. The Kier molecular flexibility index (Phi) is 6.81. The first-order valence-electron chi connectivity index (χ1n) is 8.18. The van der Waals surface area contributed by atoms with Crippen LogP contribution in [0.4, 0.5) is 0 Å². The van der Waals surface area contributed by atoms with Gasteiger partial charge in [0.1, 0.15) is 0 Å². The van der Waals surface area contributed by atoms with Crippen LogP contribution in [0, 0.1) is 6.92 Å². The van der Waals surface area contributed by atoms with E-state index < -0.39 is 0 Å². The van der Waals surface area contributed by atoms with Crippen molar-refractivity contribution in [1.29, 1.82) is 0 Å². The van der Waals surface area contributed by atoms with Crippen molar-refractivity contribution in [2.24, 2.45) is 0 Å². The second-order valence-electron chi connectivity index (χ2n) is 5.58. The van der Waals surface area contributed by atoms with Crippen LogP contribution in [0.5, 0.6) is 0 Å². The normalized spacial score (nSPS) is 10.7. The molecule has 2 N–H and O–H groups in total. The lowest BCUT2D eigenvalue weighted by Gasteiger charge is -2.05. The van der Waals surface area contributed by atoms with Gasteiger partial charge in [0.25, 0.3) is 0 Å². The van der Waals surface area contributed by atoms with Crippen LogP contribution in [0.3, 0.4) is 0 Å². The summed E-state index contributed by atoms with van der Waals surface area (Å²) in [6.45, 7) is 6.60. The second kappa shape index (κ2) is 9.10. The van der Waals surface area contributed by atoms with Crippen LogP contribution in [0.2, 0.25) is 0 Å². The van der Waals surface area contributed by atoms with Crippen molar-refractivity contribution in [3.05, 3.63) is 41.9 Å². The maximum absolute atomic E-state index is 11.8. The molecule has 1 aromatic heterocycles. The zero-order valence-corrected chi connectivity index (χ0v) is 13.9. The van der Waals surface area contributed by atoms with Gasteiger partial charge in [-0.25, -0.2) is 4.98 Å². The number of benzene rings is 1. The van der Waals surface area contributed by atoms with Crippen LogP contribution in [0.1, 0.15) is 31.2 Å². The standard InChI is InChI=1S/C18H25N3O2/c1-3-10-19-11-12-20-17(22)8-9-18-21-13-16(23-18)15-6-4-14(2)5-7-15/h4-7,13,19H,3,8-12H2,1-2H3,(H,20,22). The molecule has 5 nitrogen and oxygen atoms in total. The summed E-state index contributed by atoms with van der Waals surface area (Å²) in [6.07, 6.45) is 3.72. The van der Waals surface area contributed by atoms with E-state index in [2.05, 4.69) is 22.5 Å². The molecule has 0 bridgehead atoms. The van der Waals surface area contributed by atoms with Crippen molar-refractivity contribution >= 4 is 5.91 Å². The summed E-state index contributed by atoms with van der Waals surface area (Å²) in [5.74, 6) is 1.36. The molecule has 124 valence electrons. The maximum Gasteiger partial charge on any atom is 0.220 e. The van der Waals surface area contributed by atoms with Crippen molar-refractivity contribution in [2.75, 3.05) is 19.6 Å². The molecule has 23 heavy (non-hydrogen) atoms. The third kappa shape index (κ3) is 5.87. The van der Waals surface area contributed by atoms with E-state index in [1.54, 1.807) is 6.20 Å². The van der Waals surface area contributed by atoms with Gasteiger partial charge in [0.2, 0.25) is 5.91 Å². The molecule has 0 unspecified atom stereocenters. The Morgan fingerprint density at radius 2 is 1.96 bits per heavy atom. The first-order valence-corrected chi connectivity index (χ1v) is 8.18. The lowest BCUT2D eigenvalue weighted by atomic mass is 10.1. The van der Waals surface area contributed by atoms with Crippen molar-refractivity contribution < 1.29 is 9.21 Å². The fourth-order valence-corrected chi connectivity index (χ4v) is 2.18. The molecule has 0 saturated heterocycles. The summed E-state index contributed by atoms with van der Waals surface area (Å²) in [4.78, 5) is 16.0. The van der Waals surface area contributed by atoms with Crippen LogP contribution >= 0.6 is 0 Å².